The molecule has 0 saturated heterocycles. The Morgan fingerprint density at radius 3 is 2.75 bits per heavy atom. The highest BCUT2D eigenvalue weighted by atomic mass is 35.5. The lowest BCUT2D eigenvalue weighted by atomic mass is 9.96. The van der Waals surface area contributed by atoms with Gasteiger partial charge in [-0.1, -0.05) is 43.6 Å². The molecule has 0 spiro atoms. The van der Waals surface area contributed by atoms with E-state index in [1.165, 1.54) is 0 Å². The molecule has 5 heteroatoms. The molecule has 3 rings (SSSR count). The average Bonchev–Trinajstić information content (AvgIpc) is 2.81. The third-order valence-corrected chi connectivity index (χ3v) is 3.61. The van der Waals surface area contributed by atoms with E-state index in [9.17, 15) is 4.79 Å². The molecule has 0 aliphatic carbocycles. The summed E-state index contributed by atoms with van der Waals surface area (Å²) in [6.07, 6.45) is 1.78. The predicted molar refractivity (Wildman–Crippen MR) is 81.3 cm³/mol. The second-order valence-corrected chi connectivity index (χ2v) is 5.45. The molecule has 0 unspecified atom stereocenters. The minimum Gasteiger partial charge on any atom is -0.354 e. The van der Waals surface area contributed by atoms with Crippen molar-refractivity contribution in [1.82, 2.24) is 5.43 Å². The van der Waals surface area contributed by atoms with E-state index < -0.39 is 0 Å². The lowest BCUT2D eigenvalue weighted by Crippen LogP contribution is -2.21. The summed E-state index contributed by atoms with van der Waals surface area (Å²) in [4.78, 5) is 12.0. The molecule has 4 nitrogen and oxygen atoms in total. The summed E-state index contributed by atoms with van der Waals surface area (Å²) < 4.78 is 0. The van der Waals surface area contributed by atoms with Crippen molar-refractivity contribution in [1.29, 1.82) is 0 Å². The monoisotopic (exact) mass is 287 g/mol. The third kappa shape index (κ3) is 2.02. The predicted octanol–water partition coefficient (Wildman–Crippen LogP) is 3.09. The summed E-state index contributed by atoms with van der Waals surface area (Å²) in [6, 6.07) is 7.73. The van der Waals surface area contributed by atoms with Gasteiger partial charge in [-0.3, -0.25) is 4.79 Å². The number of nitrogens with one attached hydrogen (secondary N) is 2. The zero-order valence-electron chi connectivity index (χ0n) is 11.2. The van der Waals surface area contributed by atoms with Crippen LogP contribution in [0.2, 0.25) is 0 Å². The van der Waals surface area contributed by atoms with E-state index in [1.54, 1.807) is 6.08 Å². The van der Waals surface area contributed by atoms with Crippen LogP contribution in [0.4, 0.5) is 5.69 Å². The number of anilines is 1. The third-order valence-electron chi connectivity index (χ3n) is 3.30. The number of carbonyl (C=O) groups is 1. The second-order valence-electron chi connectivity index (χ2n) is 5.04. The molecule has 2 heterocycles. The zero-order chi connectivity index (χ0) is 14.3. The molecule has 2 aliphatic heterocycles. The molecule has 1 aromatic carbocycles. The van der Waals surface area contributed by atoms with Crippen LogP contribution in [0.15, 0.2) is 46.7 Å². The van der Waals surface area contributed by atoms with Crippen molar-refractivity contribution >= 4 is 33.9 Å². The molecule has 1 amide bonds. The Balaban J connectivity index is 2.13. The number of hydrogen-bond acceptors (Lipinski definition) is 3. The Morgan fingerprint density at radius 1 is 1.25 bits per heavy atom. The van der Waals surface area contributed by atoms with Crippen LogP contribution >= 0.6 is 11.6 Å². The molecular formula is C15H14ClN3O. The first-order valence-electron chi connectivity index (χ1n) is 6.44. The molecule has 20 heavy (non-hydrogen) atoms. The molecule has 102 valence electrons. The summed E-state index contributed by atoms with van der Waals surface area (Å²) >= 11 is 6.31. The molecule has 2 aliphatic rings. The van der Waals surface area contributed by atoms with Gasteiger partial charge in [0, 0.05) is 11.3 Å². The first kappa shape index (κ1) is 12.9. The minimum absolute atomic E-state index is 0.155. The van der Waals surface area contributed by atoms with E-state index in [0.29, 0.717) is 16.3 Å². The Morgan fingerprint density at radius 2 is 2.00 bits per heavy atom. The number of hydrogen-bond donors (Lipinski definition) is 2. The van der Waals surface area contributed by atoms with Crippen LogP contribution in [-0.4, -0.2) is 11.6 Å². The van der Waals surface area contributed by atoms with Gasteiger partial charge in [-0.25, -0.2) is 5.43 Å². The van der Waals surface area contributed by atoms with Crippen LogP contribution in [0.25, 0.3) is 5.03 Å². The van der Waals surface area contributed by atoms with E-state index in [2.05, 4.69) is 15.8 Å². The standard InChI is InChI=1S/C15H14ClN3O/c1-8(2)14-13(15(20)19-18-14)12-7-10(16)9-5-3-4-6-11(9)17-12/h3-8,17H,1-2H3,(H,19,20). The first-order chi connectivity index (χ1) is 9.58. The minimum atomic E-state index is -0.198. The van der Waals surface area contributed by atoms with Crippen LogP contribution in [0.3, 0.4) is 0 Å². The molecular weight excluding hydrogens is 274 g/mol. The fraction of sp³-hybridized carbons (Fsp3) is 0.200. The molecule has 1 aromatic rings. The number of benzene rings is 1. The van der Waals surface area contributed by atoms with Crippen molar-refractivity contribution in [2.75, 3.05) is 5.32 Å². The van der Waals surface area contributed by atoms with Crippen LogP contribution in [0.5, 0.6) is 0 Å². The average molecular weight is 288 g/mol. The molecule has 0 aromatic heterocycles. The number of carbonyl (C=O) groups excluding carboxylic acids is 1. The highest BCUT2D eigenvalue weighted by Gasteiger charge is 2.29. The molecule has 0 saturated carbocycles. The maximum absolute atomic E-state index is 12.0. The molecule has 0 atom stereocenters. The van der Waals surface area contributed by atoms with E-state index >= 15 is 0 Å². The lowest BCUT2D eigenvalue weighted by Gasteiger charge is -2.20. The van der Waals surface area contributed by atoms with Gasteiger partial charge >= 0.3 is 0 Å². The highest BCUT2D eigenvalue weighted by molar-refractivity contribution is 6.50. The number of nitrogens with zero attached hydrogens (tertiary/aromatic N) is 1. The van der Waals surface area contributed by atoms with Gasteiger partial charge in [-0.05, 0) is 18.1 Å². The Hall–Kier alpha value is -2.07. The second kappa shape index (κ2) is 4.80. The van der Waals surface area contributed by atoms with Gasteiger partial charge in [-0.15, -0.1) is 0 Å². The van der Waals surface area contributed by atoms with Gasteiger partial charge in [0.15, 0.2) is 0 Å². The Kier molecular flexibility index (Phi) is 3.10. The number of amides is 1. The van der Waals surface area contributed by atoms with Gasteiger partial charge in [-0.2, -0.15) is 5.10 Å². The van der Waals surface area contributed by atoms with E-state index in [4.69, 9.17) is 11.6 Å². The summed E-state index contributed by atoms with van der Waals surface area (Å²) in [5.74, 6) is -0.0427. The van der Waals surface area contributed by atoms with Gasteiger partial charge in [0.05, 0.1) is 22.0 Å². The molecule has 0 fully saturated rings. The largest absolute Gasteiger partial charge is 0.354 e. The fourth-order valence-electron chi connectivity index (χ4n) is 2.34. The lowest BCUT2D eigenvalue weighted by molar-refractivity contribution is -0.116. The van der Waals surface area contributed by atoms with Gasteiger partial charge < -0.3 is 5.32 Å². The first-order valence-corrected chi connectivity index (χ1v) is 6.82. The van der Waals surface area contributed by atoms with E-state index in [-0.39, 0.29) is 11.8 Å². The molecule has 0 bridgehead atoms. The summed E-state index contributed by atoms with van der Waals surface area (Å²) in [7, 11) is 0. The van der Waals surface area contributed by atoms with E-state index in [1.807, 2.05) is 38.1 Å². The van der Waals surface area contributed by atoms with Crippen LogP contribution in [0, 0.1) is 5.92 Å². The summed E-state index contributed by atoms with van der Waals surface area (Å²) in [5, 5.41) is 7.98. The van der Waals surface area contributed by atoms with Crippen LogP contribution in [0.1, 0.15) is 19.4 Å². The quantitative estimate of drug-likeness (QED) is 0.780. The fourth-order valence-corrected chi connectivity index (χ4v) is 2.61. The molecule has 2 N–H and O–H groups in total. The van der Waals surface area contributed by atoms with Gasteiger partial charge in [0.25, 0.3) is 5.91 Å². The van der Waals surface area contributed by atoms with Crippen LogP contribution < -0.4 is 10.7 Å². The van der Waals surface area contributed by atoms with Crippen molar-refractivity contribution in [3.8, 4) is 0 Å². The number of para-hydroxylation sites is 1. The maximum Gasteiger partial charge on any atom is 0.275 e. The number of rotatable bonds is 1. The number of fused-ring (bicyclic) bond motifs is 1. The smallest absolute Gasteiger partial charge is 0.275 e. The Bertz CT molecular complexity index is 686. The number of halogens is 1. The normalized spacial score (nSPS) is 21.1. The molecule has 0 radical (unpaired) electrons. The van der Waals surface area contributed by atoms with Crippen LogP contribution in [-0.2, 0) is 4.79 Å². The van der Waals surface area contributed by atoms with Gasteiger partial charge in [0.1, 0.15) is 0 Å². The van der Waals surface area contributed by atoms with E-state index in [0.717, 1.165) is 17.0 Å². The van der Waals surface area contributed by atoms with Gasteiger partial charge in [0.2, 0.25) is 0 Å². The number of allylic oxidation sites excluding steroid dienone is 1. The maximum atomic E-state index is 12.0. The van der Waals surface area contributed by atoms with Crippen molar-refractivity contribution in [2.45, 2.75) is 13.8 Å². The summed E-state index contributed by atoms with van der Waals surface area (Å²) in [5.41, 5.74) is 6.34. The highest BCUT2D eigenvalue weighted by Crippen LogP contribution is 2.35. The number of hydrazone groups is 1. The zero-order valence-corrected chi connectivity index (χ0v) is 12.0. The van der Waals surface area contributed by atoms with Crippen molar-refractivity contribution < 1.29 is 4.79 Å². The Labute approximate surface area is 122 Å². The van der Waals surface area contributed by atoms with Crippen molar-refractivity contribution in [2.24, 2.45) is 11.0 Å². The summed E-state index contributed by atoms with van der Waals surface area (Å²) in [6.45, 7) is 4.00. The van der Waals surface area contributed by atoms with Crippen molar-refractivity contribution in [3.63, 3.8) is 0 Å². The van der Waals surface area contributed by atoms with Crippen molar-refractivity contribution in [3.05, 3.63) is 47.2 Å². The SMILES string of the molecule is CC(C)C1=NNC(=O)C1=C1C=C(Cl)c2ccccc2N1. The topological polar surface area (TPSA) is 53.5 Å².